The van der Waals surface area contributed by atoms with E-state index in [-0.39, 0.29) is 10.8 Å². The third kappa shape index (κ3) is 10.9. The molecule has 0 atom stereocenters. The molecular weight excluding hydrogens is 839 g/mol. The van der Waals surface area contributed by atoms with Crippen LogP contribution in [0.15, 0.2) is 158 Å². The summed E-state index contributed by atoms with van der Waals surface area (Å²) in [7, 11) is 11.0. The Morgan fingerprint density at radius 2 is 0.741 bits per heavy atom. The van der Waals surface area contributed by atoms with Crippen molar-refractivity contribution in [3.8, 4) is 44.5 Å². The van der Waals surface area contributed by atoms with Crippen LogP contribution in [0.4, 0.5) is 0 Å². The van der Waals surface area contributed by atoms with Gasteiger partial charge in [0.1, 0.15) is 0 Å². The van der Waals surface area contributed by atoms with Crippen LogP contribution >= 0.6 is 17.0 Å². The Labute approximate surface area is 369 Å². The van der Waals surface area contributed by atoms with E-state index in [0.29, 0.717) is 0 Å². The minimum atomic E-state index is -0.826. The molecule has 0 nitrogen and oxygen atoms in total. The molecule has 294 valence electrons. The SMILES string of the molecule is C[Si]C.Cc1ccc2[cH-]c(C(C)(C)C)cc2c1-c1ccccc1-c1ccccc1.Cc1ccc2[cH-]c(C(C)(C)C)cc2c1-c1ccccc1-c1ccccc1.[Cl][Zr+2][Cl]. The van der Waals surface area contributed by atoms with Crippen LogP contribution in [0.1, 0.15) is 63.8 Å². The van der Waals surface area contributed by atoms with Gasteiger partial charge in [-0.3, -0.25) is 0 Å². The first-order valence-electron chi connectivity index (χ1n) is 20.0. The van der Waals surface area contributed by atoms with E-state index in [9.17, 15) is 0 Å². The summed E-state index contributed by atoms with van der Waals surface area (Å²) >= 11 is -0.826. The molecule has 0 aromatic heterocycles. The van der Waals surface area contributed by atoms with Crippen molar-refractivity contribution in [2.75, 3.05) is 0 Å². The Hall–Kier alpha value is -3.78. The molecule has 0 spiro atoms. The van der Waals surface area contributed by atoms with Gasteiger partial charge < -0.3 is 0 Å². The zero-order valence-electron chi connectivity index (χ0n) is 35.8. The van der Waals surface area contributed by atoms with E-state index in [0.717, 1.165) is 9.52 Å². The third-order valence-electron chi connectivity index (χ3n) is 10.5. The summed E-state index contributed by atoms with van der Waals surface area (Å²) in [5.74, 6) is 0. The second-order valence-corrected chi connectivity index (χ2v) is 21.6. The number of fused-ring (bicyclic) bond motifs is 2. The second-order valence-electron chi connectivity index (χ2n) is 16.9. The van der Waals surface area contributed by atoms with Crippen LogP contribution in [0.5, 0.6) is 0 Å². The summed E-state index contributed by atoms with van der Waals surface area (Å²) in [5, 5.41) is 5.38. The van der Waals surface area contributed by atoms with Crippen molar-refractivity contribution < 1.29 is 20.8 Å². The van der Waals surface area contributed by atoms with Crippen molar-refractivity contribution >= 4 is 48.1 Å². The summed E-state index contributed by atoms with van der Waals surface area (Å²) in [4.78, 5) is 0. The molecule has 8 rings (SSSR count). The molecule has 0 aliphatic heterocycles. The molecule has 0 unspecified atom stereocenters. The van der Waals surface area contributed by atoms with Gasteiger partial charge in [0.25, 0.3) is 0 Å². The van der Waals surface area contributed by atoms with Crippen LogP contribution in [0.25, 0.3) is 66.1 Å². The molecule has 4 heteroatoms. The molecule has 0 bridgehead atoms. The number of hydrogen-bond donors (Lipinski definition) is 0. The Morgan fingerprint density at radius 1 is 0.448 bits per heavy atom. The molecule has 0 fully saturated rings. The number of rotatable bonds is 4. The Morgan fingerprint density at radius 3 is 1.05 bits per heavy atom. The fourth-order valence-corrected chi connectivity index (χ4v) is 7.50. The van der Waals surface area contributed by atoms with E-state index < -0.39 is 20.8 Å². The maximum absolute atomic E-state index is 4.93. The predicted octanol–water partition coefficient (Wildman–Crippen LogP) is 17.2. The fraction of sp³-hybridized carbons (Fsp3) is 0.222. The first-order chi connectivity index (χ1) is 27.7. The van der Waals surface area contributed by atoms with Crippen LogP contribution in [0.3, 0.4) is 0 Å². The van der Waals surface area contributed by atoms with Crippen molar-refractivity contribution in [3.05, 3.63) is 180 Å². The average Bonchev–Trinajstić information content (AvgIpc) is 3.86. The third-order valence-corrected chi connectivity index (χ3v) is 10.5. The zero-order valence-corrected chi connectivity index (χ0v) is 40.7. The summed E-state index contributed by atoms with van der Waals surface area (Å²) in [6.45, 7) is 22.5. The minimum absolute atomic E-state index is 0.156. The van der Waals surface area contributed by atoms with Gasteiger partial charge in [0.15, 0.2) is 0 Å². The van der Waals surface area contributed by atoms with E-state index in [1.807, 2.05) is 0 Å². The molecule has 2 radical (unpaired) electrons. The summed E-state index contributed by atoms with van der Waals surface area (Å²) in [6, 6.07) is 57.4. The van der Waals surface area contributed by atoms with Gasteiger partial charge in [0.2, 0.25) is 0 Å². The van der Waals surface area contributed by atoms with Gasteiger partial charge in [-0.2, -0.15) is 12.1 Å². The van der Waals surface area contributed by atoms with Crippen molar-refractivity contribution in [1.29, 1.82) is 0 Å². The first-order valence-corrected chi connectivity index (χ1v) is 28.3. The first kappa shape index (κ1) is 45.3. The topological polar surface area (TPSA) is 0 Å². The molecule has 0 amide bonds. The zero-order chi connectivity index (χ0) is 42.0. The van der Waals surface area contributed by atoms with Crippen molar-refractivity contribution in [2.24, 2.45) is 0 Å². The van der Waals surface area contributed by atoms with E-state index in [1.54, 1.807) is 0 Å². The molecule has 58 heavy (non-hydrogen) atoms. The van der Waals surface area contributed by atoms with Crippen LogP contribution < -0.4 is 0 Å². The molecule has 0 saturated heterocycles. The molecular formula is C54H56Cl2SiZr. The summed E-state index contributed by atoms with van der Waals surface area (Å²) in [5.41, 5.74) is 16.2. The Bertz CT molecular complexity index is 2350. The predicted molar refractivity (Wildman–Crippen MR) is 257 cm³/mol. The molecule has 8 aromatic rings. The molecule has 0 aliphatic rings. The van der Waals surface area contributed by atoms with Gasteiger partial charge in [-0.1, -0.05) is 186 Å². The fourth-order valence-electron chi connectivity index (χ4n) is 7.50. The van der Waals surface area contributed by atoms with Crippen LogP contribution in [0, 0.1) is 13.8 Å². The van der Waals surface area contributed by atoms with E-state index in [4.69, 9.17) is 17.0 Å². The Balaban J connectivity index is 0.000000195. The van der Waals surface area contributed by atoms with E-state index in [1.165, 1.54) is 88.3 Å². The van der Waals surface area contributed by atoms with Gasteiger partial charge in [0, 0.05) is 9.52 Å². The van der Waals surface area contributed by atoms with Gasteiger partial charge in [-0.15, -0.1) is 69.1 Å². The van der Waals surface area contributed by atoms with Gasteiger partial charge in [0.05, 0.1) is 0 Å². The van der Waals surface area contributed by atoms with Crippen molar-refractivity contribution in [3.63, 3.8) is 0 Å². The van der Waals surface area contributed by atoms with Crippen molar-refractivity contribution in [1.82, 2.24) is 0 Å². The standard InChI is InChI=1S/2C26H25.C2H6Si.2ClH.Zr/c2*1-18-14-15-20-16-21(26(2,3)4)17-24(20)25(18)23-13-9-8-12-22(23)19-10-6-5-7-11-19;1-3-2;;;/h2*5-17H,1-4H3;1-2H3;2*1H;/q2*-1;;;;+4/p-2. The molecule has 8 aromatic carbocycles. The molecule has 0 N–H and O–H groups in total. The number of benzene rings is 6. The van der Waals surface area contributed by atoms with Gasteiger partial charge in [-0.05, 0) is 58.1 Å². The normalized spacial score (nSPS) is 11.1. The number of aryl methyl sites for hydroxylation is 2. The summed E-state index contributed by atoms with van der Waals surface area (Å²) in [6.07, 6.45) is 0. The molecule has 0 aliphatic carbocycles. The monoisotopic (exact) mass is 892 g/mol. The average molecular weight is 895 g/mol. The van der Waals surface area contributed by atoms with E-state index in [2.05, 4.69) is 226 Å². The van der Waals surface area contributed by atoms with Crippen LogP contribution in [-0.4, -0.2) is 9.52 Å². The van der Waals surface area contributed by atoms with E-state index >= 15 is 0 Å². The van der Waals surface area contributed by atoms with Gasteiger partial charge >= 0.3 is 37.9 Å². The summed E-state index contributed by atoms with van der Waals surface area (Å²) < 4.78 is 0. The Kier molecular flexibility index (Phi) is 16.0. The number of halogens is 2. The quantitative estimate of drug-likeness (QED) is 0.122. The molecule has 0 saturated carbocycles. The number of hydrogen-bond acceptors (Lipinski definition) is 0. The molecule has 0 heterocycles. The van der Waals surface area contributed by atoms with Crippen molar-refractivity contribution in [2.45, 2.75) is 79.3 Å². The van der Waals surface area contributed by atoms with Crippen LogP contribution in [0.2, 0.25) is 13.1 Å². The van der Waals surface area contributed by atoms with Crippen LogP contribution in [-0.2, 0) is 31.7 Å². The maximum atomic E-state index is 4.93. The van der Waals surface area contributed by atoms with Gasteiger partial charge in [-0.25, -0.2) is 0 Å². The second kappa shape index (κ2) is 20.5.